The van der Waals surface area contributed by atoms with Crippen molar-refractivity contribution in [2.24, 2.45) is 0 Å². The maximum Gasteiger partial charge on any atom is 0.114 e. The SMILES string of the molecule is COCc1c(CO)nnn1Cc1ccc(C)cc1. The number of hydrogen-bond donors (Lipinski definition) is 1. The first-order valence-corrected chi connectivity index (χ1v) is 5.81. The molecule has 96 valence electrons. The number of ether oxygens (including phenoxy) is 1. The van der Waals surface area contributed by atoms with Crippen LogP contribution < -0.4 is 0 Å². The highest BCUT2D eigenvalue weighted by Gasteiger charge is 2.11. The molecule has 0 aliphatic carbocycles. The molecule has 0 amide bonds. The van der Waals surface area contributed by atoms with Gasteiger partial charge in [-0.2, -0.15) is 0 Å². The number of aliphatic hydroxyl groups is 1. The van der Waals surface area contributed by atoms with E-state index < -0.39 is 0 Å². The van der Waals surface area contributed by atoms with Gasteiger partial charge in [-0.05, 0) is 12.5 Å². The zero-order valence-electron chi connectivity index (χ0n) is 10.6. The smallest absolute Gasteiger partial charge is 0.114 e. The van der Waals surface area contributed by atoms with Crippen LogP contribution >= 0.6 is 0 Å². The number of benzene rings is 1. The summed E-state index contributed by atoms with van der Waals surface area (Å²) in [4.78, 5) is 0. The van der Waals surface area contributed by atoms with Crippen molar-refractivity contribution in [3.05, 3.63) is 46.8 Å². The number of aryl methyl sites for hydroxylation is 1. The molecule has 5 heteroatoms. The minimum Gasteiger partial charge on any atom is -0.390 e. The van der Waals surface area contributed by atoms with Crippen LogP contribution in [0.5, 0.6) is 0 Å². The second-order valence-electron chi connectivity index (χ2n) is 4.22. The molecule has 1 heterocycles. The third-order valence-electron chi connectivity index (χ3n) is 2.80. The molecule has 0 radical (unpaired) electrons. The molecule has 0 bridgehead atoms. The van der Waals surface area contributed by atoms with Gasteiger partial charge in [0, 0.05) is 7.11 Å². The van der Waals surface area contributed by atoms with Gasteiger partial charge in [0.1, 0.15) is 5.69 Å². The molecular formula is C13H17N3O2. The first-order valence-electron chi connectivity index (χ1n) is 5.81. The second kappa shape index (κ2) is 5.75. The first kappa shape index (κ1) is 12.7. The molecule has 5 nitrogen and oxygen atoms in total. The summed E-state index contributed by atoms with van der Waals surface area (Å²) in [7, 11) is 1.62. The summed E-state index contributed by atoms with van der Waals surface area (Å²) in [6.45, 7) is 2.97. The first-order chi connectivity index (χ1) is 8.74. The third kappa shape index (κ3) is 2.75. The standard InChI is InChI=1S/C13H17N3O2/c1-10-3-5-11(6-4-10)7-16-13(9-18-2)12(8-17)14-15-16/h3-6,17H,7-9H2,1-2H3. The zero-order chi connectivity index (χ0) is 13.0. The fourth-order valence-corrected chi connectivity index (χ4v) is 1.78. The number of methoxy groups -OCH3 is 1. The normalized spacial score (nSPS) is 10.8. The predicted molar refractivity (Wildman–Crippen MR) is 66.9 cm³/mol. The van der Waals surface area contributed by atoms with E-state index in [-0.39, 0.29) is 6.61 Å². The lowest BCUT2D eigenvalue weighted by atomic mass is 10.1. The molecule has 1 N–H and O–H groups in total. The van der Waals surface area contributed by atoms with Gasteiger partial charge in [0.25, 0.3) is 0 Å². The van der Waals surface area contributed by atoms with Crippen molar-refractivity contribution in [2.45, 2.75) is 26.7 Å². The Bertz CT molecular complexity index is 505. The molecule has 18 heavy (non-hydrogen) atoms. The highest BCUT2D eigenvalue weighted by molar-refractivity contribution is 5.22. The molecule has 0 saturated heterocycles. The van der Waals surface area contributed by atoms with Crippen LogP contribution in [0.15, 0.2) is 24.3 Å². The molecule has 1 aromatic carbocycles. The number of hydrogen-bond acceptors (Lipinski definition) is 4. The summed E-state index contributed by atoms with van der Waals surface area (Å²) in [6.07, 6.45) is 0. The Morgan fingerprint density at radius 3 is 2.61 bits per heavy atom. The monoisotopic (exact) mass is 247 g/mol. The van der Waals surface area contributed by atoms with Gasteiger partial charge < -0.3 is 9.84 Å². The minimum atomic E-state index is -0.118. The Hall–Kier alpha value is -1.72. The summed E-state index contributed by atoms with van der Waals surface area (Å²) >= 11 is 0. The van der Waals surface area contributed by atoms with Gasteiger partial charge in [-0.1, -0.05) is 35.0 Å². The van der Waals surface area contributed by atoms with Gasteiger partial charge in [0.2, 0.25) is 0 Å². The molecular weight excluding hydrogens is 230 g/mol. The maximum atomic E-state index is 9.19. The molecule has 1 aromatic heterocycles. The molecule has 0 fully saturated rings. The fourth-order valence-electron chi connectivity index (χ4n) is 1.78. The Morgan fingerprint density at radius 1 is 1.28 bits per heavy atom. The fraction of sp³-hybridized carbons (Fsp3) is 0.385. The lowest BCUT2D eigenvalue weighted by Crippen LogP contribution is -2.08. The maximum absolute atomic E-state index is 9.19. The predicted octanol–water partition coefficient (Wildman–Crippen LogP) is 1.27. The van der Waals surface area contributed by atoms with Crippen molar-refractivity contribution in [3.63, 3.8) is 0 Å². The summed E-state index contributed by atoms with van der Waals surface area (Å²) in [5.41, 5.74) is 3.77. The molecule has 0 aliphatic rings. The lowest BCUT2D eigenvalue weighted by Gasteiger charge is -2.07. The van der Waals surface area contributed by atoms with Crippen LogP contribution in [0.2, 0.25) is 0 Å². The van der Waals surface area contributed by atoms with Crippen LogP contribution in [0.3, 0.4) is 0 Å². The molecule has 0 unspecified atom stereocenters. The van der Waals surface area contributed by atoms with E-state index in [0.717, 1.165) is 11.3 Å². The Labute approximate surface area is 106 Å². The largest absolute Gasteiger partial charge is 0.390 e. The van der Waals surface area contributed by atoms with Crippen molar-refractivity contribution in [1.29, 1.82) is 0 Å². The van der Waals surface area contributed by atoms with Crippen molar-refractivity contribution >= 4 is 0 Å². The van der Waals surface area contributed by atoms with Crippen LogP contribution in [-0.2, 0) is 24.5 Å². The molecule has 0 atom stereocenters. The summed E-state index contributed by atoms with van der Waals surface area (Å²) in [5, 5.41) is 17.2. The van der Waals surface area contributed by atoms with E-state index in [9.17, 15) is 5.11 Å². The van der Waals surface area contributed by atoms with Crippen molar-refractivity contribution in [3.8, 4) is 0 Å². The van der Waals surface area contributed by atoms with E-state index in [1.165, 1.54) is 5.56 Å². The van der Waals surface area contributed by atoms with Crippen molar-refractivity contribution in [1.82, 2.24) is 15.0 Å². The van der Waals surface area contributed by atoms with Gasteiger partial charge in [0.05, 0.1) is 25.5 Å². The highest BCUT2D eigenvalue weighted by Crippen LogP contribution is 2.11. The van der Waals surface area contributed by atoms with Crippen molar-refractivity contribution < 1.29 is 9.84 Å². The van der Waals surface area contributed by atoms with E-state index in [2.05, 4.69) is 41.5 Å². The van der Waals surface area contributed by atoms with Crippen molar-refractivity contribution in [2.75, 3.05) is 7.11 Å². The summed E-state index contributed by atoms with van der Waals surface area (Å²) in [5.74, 6) is 0. The topological polar surface area (TPSA) is 60.2 Å². The average Bonchev–Trinajstić information content (AvgIpc) is 2.75. The average molecular weight is 247 g/mol. The van der Waals surface area contributed by atoms with Gasteiger partial charge >= 0.3 is 0 Å². The molecule has 0 saturated carbocycles. The van der Waals surface area contributed by atoms with E-state index in [0.29, 0.717) is 18.8 Å². The van der Waals surface area contributed by atoms with E-state index in [1.807, 2.05) is 0 Å². The van der Waals surface area contributed by atoms with Crippen LogP contribution in [0.1, 0.15) is 22.5 Å². The number of aromatic nitrogens is 3. The highest BCUT2D eigenvalue weighted by atomic mass is 16.5. The second-order valence-corrected chi connectivity index (χ2v) is 4.22. The van der Waals surface area contributed by atoms with E-state index >= 15 is 0 Å². The van der Waals surface area contributed by atoms with Crippen LogP contribution in [0, 0.1) is 6.92 Å². The summed E-state index contributed by atoms with van der Waals surface area (Å²) in [6, 6.07) is 8.25. The van der Waals surface area contributed by atoms with Crippen LogP contribution in [0.4, 0.5) is 0 Å². The zero-order valence-corrected chi connectivity index (χ0v) is 10.6. The Morgan fingerprint density at radius 2 is 2.00 bits per heavy atom. The lowest BCUT2D eigenvalue weighted by molar-refractivity contribution is 0.173. The van der Waals surface area contributed by atoms with Crippen LogP contribution in [0.25, 0.3) is 0 Å². The molecule has 0 spiro atoms. The molecule has 2 rings (SSSR count). The minimum absolute atomic E-state index is 0.118. The number of aliphatic hydroxyl groups excluding tert-OH is 1. The molecule has 2 aromatic rings. The Balaban J connectivity index is 2.22. The number of nitrogens with zero attached hydrogens (tertiary/aromatic N) is 3. The third-order valence-corrected chi connectivity index (χ3v) is 2.80. The van der Waals surface area contributed by atoms with Gasteiger partial charge in [0.15, 0.2) is 0 Å². The van der Waals surface area contributed by atoms with Gasteiger partial charge in [-0.15, -0.1) is 5.10 Å². The van der Waals surface area contributed by atoms with E-state index in [1.54, 1.807) is 11.8 Å². The molecule has 0 aliphatic heterocycles. The van der Waals surface area contributed by atoms with Crippen LogP contribution in [-0.4, -0.2) is 27.2 Å². The Kier molecular flexibility index (Phi) is 4.07. The quantitative estimate of drug-likeness (QED) is 0.864. The van der Waals surface area contributed by atoms with Gasteiger partial charge in [-0.25, -0.2) is 4.68 Å². The number of rotatable bonds is 5. The summed E-state index contributed by atoms with van der Waals surface area (Å²) < 4.78 is 6.88. The van der Waals surface area contributed by atoms with Gasteiger partial charge in [-0.3, -0.25) is 0 Å². The van der Waals surface area contributed by atoms with E-state index in [4.69, 9.17) is 4.74 Å².